The molecular formula is C11H21N3. The van der Waals surface area contributed by atoms with E-state index in [-0.39, 0.29) is 0 Å². The number of allylic oxidation sites excluding steroid dienone is 1. The van der Waals surface area contributed by atoms with E-state index < -0.39 is 0 Å². The first kappa shape index (κ1) is 12.8. The quantitative estimate of drug-likeness (QED) is 0.401. The average molecular weight is 195 g/mol. The predicted molar refractivity (Wildman–Crippen MR) is 63.1 cm³/mol. The molecule has 0 aliphatic carbocycles. The van der Waals surface area contributed by atoms with Crippen molar-refractivity contribution in [3.05, 3.63) is 24.0 Å². The highest BCUT2D eigenvalue weighted by Gasteiger charge is 1.98. The van der Waals surface area contributed by atoms with Crippen LogP contribution in [0.25, 0.3) is 0 Å². The third-order valence-electron chi connectivity index (χ3n) is 1.75. The number of hydrogen-bond acceptors (Lipinski definition) is 2. The van der Waals surface area contributed by atoms with E-state index in [1.54, 1.807) is 0 Å². The Labute approximate surface area is 86.8 Å². The van der Waals surface area contributed by atoms with Crippen molar-refractivity contribution in [1.82, 2.24) is 5.32 Å². The summed E-state index contributed by atoms with van der Waals surface area (Å²) in [5.74, 6) is 0.831. The standard InChI is InChI=1S/C11H21N3/c1-5-6-7-13-11(9(2)3)14-10(4)8-12/h8H,2,5-7,12H2,1,3-4H3,(H,13,14)/b10-8-. The van der Waals surface area contributed by atoms with Gasteiger partial charge in [0.05, 0.1) is 0 Å². The highest BCUT2D eigenvalue weighted by Crippen LogP contribution is 1.96. The van der Waals surface area contributed by atoms with Gasteiger partial charge in [-0.1, -0.05) is 19.9 Å². The first-order valence-electron chi connectivity index (χ1n) is 4.97. The van der Waals surface area contributed by atoms with Crippen LogP contribution in [0.15, 0.2) is 29.0 Å². The minimum atomic E-state index is 0.831. The van der Waals surface area contributed by atoms with Gasteiger partial charge in [-0.25, -0.2) is 0 Å². The molecule has 0 heterocycles. The van der Waals surface area contributed by atoms with Gasteiger partial charge in [-0.3, -0.25) is 4.99 Å². The fourth-order valence-corrected chi connectivity index (χ4v) is 0.859. The molecule has 0 spiro atoms. The molecule has 0 aromatic rings. The lowest BCUT2D eigenvalue weighted by molar-refractivity contribution is 0.804. The van der Waals surface area contributed by atoms with Crippen LogP contribution < -0.4 is 11.1 Å². The summed E-state index contributed by atoms with van der Waals surface area (Å²) >= 11 is 0. The number of aliphatic imine (C=N–C) groups is 1. The molecule has 3 heteroatoms. The van der Waals surface area contributed by atoms with Crippen molar-refractivity contribution in [2.75, 3.05) is 6.54 Å². The molecule has 0 atom stereocenters. The lowest BCUT2D eigenvalue weighted by atomic mass is 10.3. The Morgan fingerprint density at radius 2 is 2.14 bits per heavy atom. The summed E-state index contributed by atoms with van der Waals surface area (Å²) in [6.45, 7) is 10.7. The monoisotopic (exact) mass is 195 g/mol. The van der Waals surface area contributed by atoms with Crippen molar-refractivity contribution in [2.45, 2.75) is 33.6 Å². The van der Waals surface area contributed by atoms with Crippen molar-refractivity contribution >= 4 is 5.84 Å². The molecule has 3 nitrogen and oxygen atoms in total. The van der Waals surface area contributed by atoms with Gasteiger partial charge in [0, 0.05) is 18.4 Å². The maximum Gasteiger partial charge on any atom is 0.127 e. The second kappa shape index (κ2) is 7.18. The number of rotatable bonds is 5. The first-order valence-corrected chi connectivity index (χ1v) is 4.97. The van der Waals surface area contributed by atoms with Gasteiger partial charge in [-0.05, 0) is 25.8 Å². The summed E-state index contributed by atoms with van der Waals surface area (Å²) in [6.07, 6.45) is 3.78. The zero-order valence-corrected chi connectivity index (χ0v) is 9.43. The molecule has 0 aliphatic rings. The van der Waals surface area contributed by atoms with Gasteiger partial charge >= 0.3 is 0 Å². The van der Waals surface area contributed by atoms with E-state index in [0.717, 1.165) is 36.5 Å². The van der Waals surface area contributed by atoms with Crippen molar-refractivity contribution in [3.63, 3.8) is 0 Å². The molecule has 0 bridgehead atoms. The van der Waals surface area contributed by atoms with E-state index in [9.17, 15) is 0 Å². The first-order chi connectivity index (χ1) is 6.61. The van der Waals surface area contributed by atoms with Crippen LogP contribution in [0.5, 0.6) is 0 Å². The van der Waals surface area contributed by atoms with Gasteiger partial charge in [0.1, 0.15) is 5.84 Å². The van der Waals surface area contributed by atoms with Crippen LogP contribution in [0.4, 0.5) is 0 Å². The molecule has 0 aromatic carbocycles. The predicted octanol–water partition coefficient (Wildman–Crippen LogP) is 2.17. The molecule has 3 N–H and O–H groups in total. The lowest BCUT2D eigenvalue weighted by Gasteiger charge is -2.09. The summed E-state index contributed by atoms with van der Waals surface area (Å²) in [4.78, 5) is 4.41. The number of amidine groups is 1. The minimum Gasteiger partial charge on any atom is -0.403 e. The van der Waals surface area contributed by atoms with Crippen molar-refractivity contribution in [3.8, 4) is 0 Å². The maximum absolute atomic E-state index is 5.37. The minimum absolute atomic E-state index is 0.831. The van der Waals surface area contributed by atoms with Crippen molar-refractivity contribution < 1.29 is 0 Å². The Kier molecular flexibility index (Phi) is 6.54. The van der Waals surface area contributed by atoms with Gasteiger partial charge in [0.15, 0.2) is 0 Å². The molecule has 0 fully saturated rings. The van der Waals surface area contributed by atoms with E-state index in [2.05, 4.69) is 23.8 Å². The molecule has 0 saturated carbocycles. The number of nitrogens with two attached hydrogens (primary N) is 1. The van der Waals surface area contributed by atoms with E-state index in [1.807, 2.05) is 13.8 Å². The maximum atomic E-state index is 5.37. The number of nitrogens with zero attached hydrogens (tertiary/aromatic N) is 1. The Bertz CT molecular complexity index is 239. The van der Waals surface area contributed by atoms with E-state index >= 15 is 0 Å². The summed E-state index contributed by atoms with van der Waals surface area (Å²) in [6, 6.07) is 0. The van der Waals surface area contributed by atoms with Crippen molar-refractivity contribution in [2.24, 2.45) is 10.7 Å². The molecule has 0 aliphatic heterocycles. The average Bonchev–Trinajstić information content (AvgIpc) is 2.16. The highest BCUT2D eigenvalue weighted by molar-refractivity contribution is 5.98. The van der Waals surface area contributed by atoms with Crippen LogP contribution in [0.1, 0.15) is 33.6 Å². The highest BCUT2D eigenvalue weighted by atomic mass is 15.0. The second-order valence-corrected chi connectivity index (χ2v) is 3.34. The number of unbranched alkanes of at least 4 members (excludes halogenated alkanes) is 1. The van der Waals surface area contributed by atoms with E-state index in [0.29, 0.717) is 0 Å². The zero-order chi connectivity index (χ0) is 11.0. The molecule has 80 valence electrons. The fraction of sp³-hybridized carbons (Fsp3) is 0.545. The topological polar surface area (TPSA) is 50.4 Å². The van der Waals surface area contributed by atoms with Crippen LogP contribution in [0.2, 0.25) is 0 Å². The molecule has 0 aromatic heterocycles. The van der Waals surface area contributed by atoms with Gasteiger partial charge in [0.25, 0.3) is 0 Å². The molecule has 0 radical (unpaired) electrons. The molecule has 14 heavy (non-hydrogen) atoms. The van der Waals surface area contributed by atoms with Gasteiger partial charge < -0.3 is 11.1 Å². The van der Waals surface area contributed by atoms with Gasteiger partial charge in [0.2, 0.25) is 0 Å². The Hall–Kier alpha value is -1.25. The third kappa shape index (κ3) is 5.41. The van der Waals surface area contributed by atoms with Crippen LogP contribution >= 0.6 is 0 Å². The molecule has 0 unspecified atom stereocenters. The lowest BCUT2D eigenvalue weighted by Crippen LogP contribution is -2.23. The summed E-state index contributed by atoms with van der Waals surface area (Å²) in [7, 11) is 0. The zero-order valence-electron chi connectivity index (χ0n) is 9.43. The van der Waals surface area contributed by atoms with Crippen LogP contribution in [0, 0.1) is 0 Å². The van der Waals surface area contributed by atoms with Gasteiger partial charge in [-0.15, -0.1) is 0 Å². The summed E-state index contributed by atoms with van der Waals surface area (Å²) in [5, 5.41) is 3.11. The molecule has 0 amide bonds. The fourth-order valence-electron chi connectivity index (χ4n) is 0.859. The molecular weight excluding hydrogens is 174 g/mol. The third-order valence-corrected chi connectivity index (χ3v) is 1.75. The largest absolute Gasteiger partial charge is 0.403 e. The number of hydrogen-bond donors (Lipinski definition) is 2. The van der Waals surface area contributed by atoms with E-state index in [4.69, 9.17) is 5.73 Å². The van der Waals surface area contributed by atoms with Crippen LogP contribution in [-0.2, 0) is 0 Å². The SMILES string of the molecule is C=C(C)C(=NCCCC)N/C(C)=C\N. The summed E-state index contributed by atoms with van der Waals surface area (Å²) < 4.78 is 0. The van der Waals surface area contributed by atoms with Crippen LogP contribution in [-0.4, -0.2) is 12.4 Å². The van der Waals surface area contributed by atoms with E-state index in [1.165, 1.54) is 6.20 Å². The second-order valence-electron chi connectivity index (χ2n) is 3.34. The van der Waals surface area contributed by atoms with Crippen LogP contribution in [0.3, 0.4) is 0 Å². The summed E-state index contributed by atoms with van der Waals surface area (Å²) in [5.41, 5.74) is 7.19. The van der Waals surface area contributed by atoms with Gasteiger partial charge in [-0.2, -0.15) is 0 Å². The molecule has 0 rings (SSSR count). The number of nitrogens with one attached hydrogen (secondary N) is 1. The molecule has 0 saturated heterocycles. The Balaban J connectivity index is 4.29. The van der Waals surface area contributed by atoms with Crippen molar-refractivity contribution in [1.29, 1.82) is 0 Å². The Morgan fingerprint density at radius 1 is 1.50 bits per heavy atom. The smallest absolute Gasteiger partial charge is 0.127 e. The normalized spacial score (nSPS) is 12.8. The Morgan fingerprint density at radius 3 is 2.57 bits per heavy atom.